The number of aryl methyl sites for hydroxylation is 1. The Morgan fingerprint density at radius 3 is 2.29 bits per heavy atom. The van der Waals surface area contributed by atoms with Gasteiger partial charge in [0.1, 0.15) is 0 Å². The van der Waals surface area contributed by atoms with Gasteiger partial charge in [-0.05, 0) is 12.8 Å². The average molecular weight is 188 g/mol. The lowest BCUT2D eigenvalue weighted by atomic mass is 10.1. The van der Waals surface area contributed by atoms with E-state index in [0.717, 1.165) is 5.69 Å². The van der Waals surface area contributed by atoms with Crippen molar-refractivity contribution < 1.29 is 0 Å². The molecule has 0 bridgehead atoms. The summed E-state index contributed by atoms with van der Waals surface area (Å²) in [4.78, 5) is 0. The van der Waals surface area contributed by atoms with E-state index in [4.69, 9.17) is 5.84 Å². The summed E-state index contributed by atoms with van der Waals surface area (Å²) in [5.41, 5.74) is 2.36. The van der Waals surface area contributed by atoms with Crippen LogP contribution < -0.4 is 5.84 Å². The largest absolute Gasteiger partial charge is 0.339 e. The van der Waals surface area contributed by atoms with Crippen LogP contribution in [0.2, 0.25) is 0 Å². The number of aromatic nitrogens is 1. The van der Waals surface area contributed by atoms with E-state index < -0.39 is 0 Å². The highest BCUT2D eigenvalue weighted by Gasteiger charge is 2.13. The Labute approximate surface area is 84.3 Å². The number of rotatable bonds is 1. The standard InChI is InChI=1S/C12H16N2/c1-8(2)12-11-7-5-4-6-10(11)9(3)14(12)13/h4-8H,13H2,1-3H3. The highest BCUT2D eigenvalue weighted by molar-refractivity contribution is 5.88. The maximum atomic E-state index is 6.03. The lowest BCUT2D eigenvalue weighted by Gasteiger charge is -2.08. The van der Waals surface area contributed by atoms with Gasteiger partial charge in [0.05, 0.1) is 0 Å². The summed E-state index contributed by atoms with van der Waals surface area (Å²) in [7, 11) is 0. The predicted octanol–water partition coefficient (Wildman–Crippen LogP) is 2.79. The second kappa shape index (κ2) is 3.05. The molecule has 1 aromatic heterocycles. The molecule has 0 aliphatic rings. The molecule has 0 fully saturated rings. The van der Waals surface area contributed by atoms with Gasteiger partial charge in [-0.3, -0.25) is 4.68 Å². The number of fused-ring (bicyclic) bond motifs is 1. The van der Waals surface area contributed by atoms with Crippen LogP contribution in [0.4, 0.5) is 0 Å². The second-order valence-corrected chi connectivity index (χ2v) is 4.04. The number of hydrogen-bond acceptors (Lipinski definition) is 1. The molecule has 0 spiro atoms. The number of nitrogens with zero attached hydrogens (tertiary/aromatic N) is 1. The zero-order valence-corrected chi connectivity index (χ0v) is 8.91. The quantitative estimate of drug-likeness (QED) is 0.685. The first kappa shape index (κ1) is 9.13. The minimum absolute atomic E-state index is 0.457. The van der Waals surface area contributed by atoms with E-state index in [-0.39, 0.29) is 0 Å². The zero-order valence-electron chi connectivity index (χ0n) is 8.91. The Morgan fingerprint density at radius 1 is 1.14 bits per heavy atom. The lowest BCUT2D eigenvalue weighted by Crippen LogP contribution is -2.14. The number of nitrogen functional groups attached to an aromatic ring is 1. The summed E-state index contributed by atoms with van der Waals surface area (Å²) < 4.78 is 1.81. The van der Waals surface area contributed by atoms with Gasteiger partial charge in [-0.1, -0.05) is 38.1 Å². The van der Waals surface area contributed by atoms with E-state index in [1.807, 2.05) is 4.68 Å². The number of hydrogen-bond donors (Lipinski definition) is 1. The van der Waals surface area contributed by atoms with Crippen molar-refractivity contribution >= 4 is 10.8 Å². The molecule has 1 heterocycles. The van der Waals surface area contributed by atoms with Gasteiger partial charge < -0.3 is 5.84 Å². The molecule has 0 aliphatic carbocycles. The molecule has 0 radical (unpaired) electrons. The Balaban J connectivity index is 2.88. The van der Waals surface area contributed by atoms with Crippen LogP contribution in [-0.4, -0.2) is 4.68 Å². The average Bonchev–Trinajstić information content (AvgIpc) is 2.41. The molecule has 0 saturated heterocycles. The number of nitrogens with two attached hydrogens (primary N) is 1. The van der Waals surface area contributed by atoms with E-state index in [2.05, 4.69) is 45.0 Å². The fourth-order valence-corrected chi connectivity index (χ4v) is 2.05. The van der Waals surface area contributed by atoms with Crippen molar-refractivity contribution in [1.82, 2.24) is 4.68 Å². The SMILES string of the molecule is Cc1c2ccccc2c(C(C)C)n1N. The van der Waals surface area contributed by atoms with Gasteiger partial charge in [-0.2, -0.15) is 0 Å². The molecular weight excluding hydrogens is 172 g/mol. The Morgan fingerprint density at radius 2 is 1.71 bits per heavy atom. The summed E-state index contributed by atoms with van der Waals surface area (Å²) in [6, 6.07) is 8.38. The van der Waals surface area contributed by atoms with E-state index >= 15 is 0 Å². The number of benzene rings is 1. The van der Waals surface area contributed by atoms with Crippen LogP contribution in [0.1, 0.15) is 31.2 Å². The van der Waals surface area contributed by atoms with Crippen LogP contribution >= 0.6 is 0 Å². The van der Waals surface area contributed by atoms with Crippen LogP contribution in [0.5, 0.6) is 0 Å². The van der Waals surface area contributed by atoms with Gasteiger partial charge in [0.2, 0.25) is 0 Å². The summed E-state index contributed by atoms with van der Waals surface area (Å²) in [6.07, 6.45) is 0. The lowest BCUT2D eigenvalue weighted by molar-refractivity contribution is 0.765. The fraction of sp³-hybridized carbons (Fsp3) is 0.333. The molecule has 14 heavy (non-hydrogen) atoms. The summed E-state index contributed by atoms with van der Waals surface area (Å²) >= 11 is 0. The van der Waals surface area contributed by atoms with E-state index in [0.29, 0.717) is 5.92 Å². The molecule has 1 aromatic carbocycles. The molecule has 2 nitrogen and oxygen atoms in total. The molecule has 2 N–H and O–H groups in total. The first-order valence-electron chi connectivity index (χ1n) is 4.98. The third-order valence-electron chi connectivity index (χ3n) is 2.76. The normalized spacial score (nSPS) is 11.4. The van der Waals surface area contributed by atoms with Gasteiger partial charge >= 0.3 is 0 Å². The fourth-order valence-electron chi connectivity index (χ4n) is 2.05. The summed E-state index contributed by atoms with van der Waals surface area (Å²) in [6.45, 7) is 6.41. The summed E-state index contributed by atoms with van der Waals surface area (Å²) in [5, 5.41) is 2.54. The van der Waals surface area contributed by atoms with Crippen molar-refractivity contribution in [2.75, 3.05) is 5.84 Å². The minimum Gasteiger partial charge on any atom is -0.339 e. The highest BCUT2D eigenvalue weighted by atomic mass is 15.3. The highest BCUT2D eigenvalue weighted by Crippen LogP contribution is 2.28. The molecular formula is C12H16N2. The van der Waals surface area contributed by atoms with Crippen LogP contribution in [0.15, 0.2) is 24.3 Å². The van der Waals surface area contributed by atoms with Gasteiger partial charge in [0.15, 0.2) is 0 Å². The maximum absolute atomic E-state index is 6.03. The van der Waals surface area contributed by atoms with Gasteiger partial charge in [-0.15, -0.1) is 0 Å². The van der Waals surface area contributed by atoms with Gasteiger partial charge in [-0.25, -0.2) is 0 Å². The van der Waals surface area contributed by atoms with Crippen LogP contribution in [-0.2, 0) is 0 Å². The van der Waals surface area contributed by atoms with Gasteiger partial charge in [0.25, 0.3) is 0 Å². The molecule has 2 aromatic rings. The Bertz CT molecular complexity index is 466. The summed E-state index contributed by atoms with van der Waals surface area (Å²) in [5.74, 6) is 6.49. The molecule has 0 amide bonds. The minimum atomic E-state index is 0.457. The molecule has 74 valence electrons. The van der Waals surface area contributed by atoms with Crippen LogP contribution in [0, 0.1) is 6.92 Å². The predicted molar refractivity (Wildman–Crippen MR) is 60.9 cm³/mol. The Kier molecular flexibility index (Phi) is 1.99. The van der Waals surface area contributed by atoms with Crippen molar-refractivity contribution in [1.29, 1.82) is 0 Å². The first-order chi connectivity index (χ1) is 6.63. The van der Waals surface area contributed by atoms with Crippen molar-refractivity contribution in [2.45, 2.75) is 26.7 Å². The van der Waals surface area contributed by atoms with E-state index in [1.165, 1.54) is 16.5 Å². The van der Waals surface area contributed by atoms with Crippen LogP contribution in [0.3, 0.4) is 0 Å². The molecule has 0 atom stereocenters. The monoisotopic (exact) mass is 188 g/mol. The van der Waals surface area contributed by atoms with Crippen molar-refractivity contribution in [2.24, 2.45) is 0 Å². The van der Waals surface area contributed by atoms with Crippen molar-refractivity contribution in [3.8, 4) is 0 Å². The Hall–Kier alpha value is -1.44. The zero-order chi connectivity index (χ0) is 10.3. The molecule has 2 heteroatoms. The third-order valence-corrected chi connectivity index (χ3v) is 2.76. The third kappa shape index (κ3) is 1.10. The van der Waals surface area contributed by atoms with E-state index in [9.17, 15) is 0 Å². The second-order valence-electron chi connectivity index (χ2n) is 4.04. The maximum Gasteiger partial charge on any atom is 0.0498 e. The first-order valence-corrected chi connectivity index (χ1v) is 4.98. The topological polar surface area (TPSA) is 30.9 Å². The van der Waals surface area contributed by atoms with E-state index in [1.54, 1.807) is 0 Å². The molecule has 2 rings (SSSR count). The van der Waals surface area contributed by atoms with Crippen molar-refractivity contribution in [3.05, 3.63) is 35.7 Å². The smallest absolute Gasteiger partial charge is 0.0498 e. The molecule has 0 unspecified atom stereocenters. The van der Waals surface area contributed by atoms with Crippen molar-refractivity contribution in [3.63, 3.8) is 0 Å². The van der Waals surface area contributed by atoms with Gasteiger partial charge in [0, 0.05) is 22.2 Å². The molecule has 0 saturated carbocycles. The molecule has 0 aliphatic heterocycles. The van der Waals surface area contributed by atoms with Crippen LogP contribution in [0.25, 0.3) is 10.8 Å².